The van der Waals surface area contributed by atoms with E-state index in [0.717, 1.165) is 30.0 Å². The van der Waals surface area contributed by atoms with Crippen LogP contribution in [0.25, 0.3) is 0 Å². The largest absolute Gasteiger partial charge is 0.497 e. The second-order valence-electron chi connectivity index (χ2n) is 4.23. The lowest BCUT2D eigenvalue weighted by atomic mass is 10.2. The van der Waals surface area contributed by atoms with Gasteiger partial charge < -0.3 is 15.0 Å². The molecule has 1 saturated carbocycles. The van der Waals surface area contributed by atoms with Crippen molar-refractivity contribution >= 4 is 17.3 Å². The molecular weight excluding hydrogens is 204 g/mol. The summed E-state index contributed by atoms with van der Waals surface area (Å²) in [7, 11) is 1.65. The third kappa shape index (κ3) is 1.41. The van der Waals surface area contributed by atoms with Crippen LogP contribution in [0.3, 0.4) is 0 Å². The van der Waals surface area contributed by atoms with Crippen LogP contribution in [0.2, 0.25) is 0 Å². The van der Waals surface area contributed by atoms with Gasteiger partial charge >= 0.3 is 0 Å². The Morgan fingerprint density at radius 3 is 2.94 bits per heavy atom. The monoisotopic (exact) mass is 218 g/mol. The Morgan fingerprint density at radius 2 is 2.25 bits per heavy atom. The number of anilines is 2. The lowest BCUT2D eigenvalue weighted by Crippen LogP contribution is -2.41. The van der Waals surface area contributed by atoms with E-state index in [0.29, 0.717) is 12.6 Å². The highest BCUT2D eigenvalue weighted by molar-refractivity contribution is 6.03. The maximum absolute atomic E-state index is 11.8. The van der Waals surface area contributed by atoms with Crippen molar-refractivity contribution in [2.24, 2.45) is 0 Å². The van der Waals surface area contributed by atoms with Crippen molar-refractivity contribution in [3.8, 4) is 5.75 Å². The number of benzene rings is 1. The molecule has 1 N–H and O–H groups in total. The molecule has 1 aliphatic heterocycles. The summed E-state index contributed by atoms with van der Waals surface area (Å²) in [6.45, 7) is 0.386. The minimum absolute atomic E-state index is 0.167. The third-order valence-electron chi connectivity index (χ3n) is 3.07. The van der Waals surface area contributed by atoms with Crippen molar-refractivity contribution in [3.05, 3.63) is 18.2 Å². The van der Waals surface area contributed by atoms with Crippen LogP contribution < -0.4 is 15.0 Å². The van der Waals surface area contributed by atoms with Crippen LogP contribution in [0.5, 0.6) is 5.75 Å². The molecule has 3 rings (SSSR count). The maximum Gasteiger partial charge on any atom is 0.246 e. The van der Waals surface area contributed by atoms with Gasteiger partial charge in [0.2, 0.25) is 5.91 Å². The van der Waals surface area contributed by atoms with E-state index in [1.54, 1.807) is 7.11 Å². The van der Waals surface area contributed by atoms with Gasteiger partial charge in [-0.15, -0.1) is 0 Å². The maximum atomic E-state index is 11.8. The average molecular weight is 218 g/mol. The molecular formula is C12H14N2O2. The first kappa shape index (κ1) is 9.51. The Labute approximate surface area is 94.2 Å². The number of amides is 1. The Balaban J connectivity index is 2.02. The summed E-state index contributed by atoms with van der Waals surface area (Å²) in [5.74, 6) is 0.983. The number of fused-ring (bicyclic) bond motifs is 1. The molecule has 0 unspecified atom stereocenters. The Morgan fingerprint density at radius 1 is 1.44 bits per heavy atom. The van der Waals surface area contributed by atoms with E-state index in [4.69, 9.17) is 4.74 Å². The molecule has 0 radical (unpaired) electrons. The van der Waals surface area contributed by atoms with E-state index in [2.05, 4.69) is 5.32 Å². The van der Waals surface area contributed by atoms with Gasteiger partial charge in [-0.2, -0.15) is 0 Å². The molecule has 1 fully saturated rings. The van der Waals surface area contributed by atoms with Crippen LogP contribution in [0.15, 0.2) is 18.2 Å². The topological polar surface area (TPSA) is 41.6 Å². The zero-order valence-electron chi connectivity index (χ0n) is 9.19. The summed E-state index contributed by atoms with van der Waals surface area (Å²) in [6, 6.07) is 6.21. The standard InChI is InChI=1S/C12H14N2O2/c1-16-9-4-5-11-10(6-9)13-7-12(15)14(11)8-2-3-8/h4-6,8,13H,2-3,7H2,1H3. The van der Waals surface area contributed by atoms with Crippen molar-refractivity contribution in [3.63, 3.8) is 0 Å². The highest BCUT2D eigenvalue weighted by Gasteiger charge is 2.36. The molecule has 84 valence electrons. The first-order chi connectivity index (χ1) is 7.79. The zero-order chi connectivity index (χ0) is 11.1. The minimum atomic E-state index is 0.167. The number of nitrogens with zero attached hydrogens (tertiary/aromatic N) is 1. The predicted molar refractivity (Wildman–Crippen MR) is 62.0 cm³/mol. The Kier molecular flexibility index (Phi) is 2.02. The first-order valence-corrected chi connectivity index (χ1v) is 5.53. The second-order valence-corrected chi connectivity index (χ2v) is 4.23. The highest BCUT2D eigenvalue weighted by atomic mass is 16.5. The van der Waals surface area contributed by atoms with E-state index in [-0.39, 0.29) is 5.91 Å². The summed E-state index contributed by atoms with van der Waals surface area (Å²) >= 11 is 0. The van der Waals surface area contributed by atoms with Gasteiger partial charge in [0, 0.05) is 12.1 Å². The number of carbonyl (C=O) groups excluding carboxylic acids is 1. The molecule has 1 aromatic carbocycles. The number of hydrogen-bond donors (Lipinski definition) is 1. The molecule has 0 saturated heterocycles. The number of rotatable bonds is 2. The molecule has 0 bridgehead atoms. The van der Waals surface area contributed by atoms with Gasteiger partial charge in [-0.1, -0.05) is 0 Å². The van der Waals surface area contributed by atoms with Crippen molar-refractivity contribution < 1.29 is 9.53 Å². The smallest absolute Gasteiger partial charge is 0.246 e. The average Bonchev–Trinajstić information content (AvgIpc) is 3.12. The Hall–Kier alpha value is -1.71. The van der Waals surface area contributed by atoms with Crippen LogP contribution >= 0.6 is 0 Å². The summed E-state index contributed by atoms with van der Waals surface area (Å²) < 4.78 is 5.18. The number of ether oxygens (including phenoxy) is 1. The van der Waals surface area contributed by atoms with Gasteiger partial charge in [0.15, 0.2) is 0 Å². The fourth-order valence-corrected chi connectivity index (χ4v) is 2.12. The Bertz CT molecular complexity index is 441. The number of nitrogens with one attached hydrogen (secondary N) is 1. The van der Waals surface area contributed by atoms with Gasteiger partial charge in [-0.25, -0.2) is 0 Å². The molecule has 1 aromatic rings. The van der Waals surface area contributed by atoms with Crippen LogP contribution in [0.1, 0.15) is 12.8 Å². The van der Waals surface area contributed by atoms with E-state index >= 15 is 0 Å². The van der Waals surface area contributed by atoms with Crippen molar-refractivity contribution in [1.82, 2.24) is 0 Å². The SMILES string of the molecule is COc1ccc2c(c1)NCC(=O)N2C1CC1. The number of methoxy groups -OCH3 is 1. The molecule has 1 amide bonds. The van der Waals surface area contributed by atoms with E-state index in [9.17, 15) is 4.79 Å². The molecule has 0 spiro atoms. The molecule has 1 heterocycles. The fraction of sp³-hybridized carbons (Fsp3) is 0.417. The van der Waals surface area contributed by atoms with Gasteiger partial charge in [0.05, 0.1) is 25.0 Å². The van der Waals surface area contributed by atoms with Crippen LogP contribution in [0, 0.1) is 0 Å². The van der Waals surface area contributed by atoms with E-state index in [1.165, 1.54) is 0 Å². The summed E-state index contributed by atoms with van der Waals surface area (Å²) in [4.78, 5) is 13.7. The van der Waals surface area contributed by atoms with Gasteiger partial charge in [0.25, 0.3) is 0 Å². The van der Waals surface area contributed by atoms with Crippen LogP contribution in [0.4, 0.5) is 11.4 Å². The highest BCUT2D eigenvalue weighted by Crippen LogP contribution is 2.39. The molecule has 0 atom stereocenters. The second kappa shape index (κ2) is 3.40. The molecule has 0 aromatic heterocycles. The molecule has 2 aliphatic rings. The quantitative estimate of drug-likeness (QED) is 0.820. The number of hydrogen-bond acceptors (Lipinski definition) is 3. The van der Waals surface area contributed by atoms with Gasteiger partial charge in [0.1, 0.15) is 5.75 Å². The lowest BCUT2D eigenvalue weighted by Gasteiger charge is -2.30. The first-order valence-electron chi connectivity index (χ1n) is 5.53. The van der Waals surface area contributed by atoms with Crippen LogP contribution in [-0.2, 0) is 4.79 Å². The summed E-state index contributed by atoms with van der Waals surface area (Å²) in [6.07, 6.45) is 2.24. The van der Waals surface area contributed by atoms with Crippen molar-refractivity contribution in [2.45, 2.75) is 18.9 Å². The lowest BCUT2D eigenvalue weighted by molar-refractivity contribution is -0.117. The zero-order valence-corrected chi connectivity index (χ0v) is 9.19. The molecule has 16 heavy (non-hydrogen) atoms. The molecule has 4 heteroatoms. The molecule has 1 aliphatic carbocycles. The fourth-order valence-electron chi connectivity index (χ4n) is 2.12. The summed E-state index contributed by atoms with van der Waals surface area (Å²) in [5, 5.41) is 3.13. The minimum Gasteiger partial charge on any atom is -0.497 e. The van der Waals surface area contributed by atoms with Crippen molar-refractivity contribution in [1.29, 1.82) is 0 Å². The van der Waals surface area contributed by atoms with E-state index in [1.807, 2.05) is 23.1 Å². The van der Waals surface area contributed by atoms with Gasteiger partial charge in [-0.05, 0) is 25.0 Å². The van der Waals surface area contributed by atoms with E-state index < -0.39 is 0 Å². The normalized spacial score (nSPS) is 19.1. The van der Waals surface area contributed by atoms with Gasteiger partial charge in [-0.3, -0.25) is 4.79 Å². The molecule has 4 nitrogen and oxygen atoms in total. The third-order valence-corrected chi connectivity index (χ3v) is 3.07. The van der Waals surface area contributed by atoms with Crippen LogP contribution in [-0.4, -0.2) is 25.6 Å². The number of carbonyl (C=O) groups is 1. The summed E-state index contributed by atoms with van der Waals surface area (Å²) in [5.41, 5.74) is 1.98. The predicted octanol–water partition coefficient (Wildman–Crippen LogP) is 1.62. The van der Waals surface area contributed by atoms with Crippen molar-refractivity contribution in [2.75, 3.05) is 23.9 Å².